The predicted molar refractivity (Wildman–Crippen MR) is 95.8 cm³/mol. The van der Waals surface area contributed by atoms with Gasteiger partial charge >= 0.3 is 0 Å². The van der Waals surface area contributed by atoms with Gasteiger partial charge in [-0.05, 0) is 25.5 Å². The van der Waals surface area contributed by atoms with Crippen LogP contribution in [0.3, 0.4) is 0 Å². The average Bonchev–Trinajstić information content (AvgIpc) is 2.61. The number of nitrogens with one attached hydrogen (secondary N) is 1. The fourth-order valence-corrected chi connectivity index (χ4v) is 2.18. The Bertz CT molecular complexity index is 658. The van der Waals surface area contributed by atoms with Crippen LogP contribution in [0.15, 0.2) is 36.7 Å². The maximum atomic E-state index is 12.4. The van der Waals surface area contributed by atoms with Crippen LogP contribution in [-0.4, -0.2) is 36.1 Å². The Balaban J connectivity index is 2.05. The number of carbonyl (C=O) groups is 1. The van der Waals surface area contributed by atoms with Gasteiger partial charge in [0.25, 0.3) is 5.91 Å². The molecule has 128 valence electrons. The number of ether oxygens (including phenoxy) is 1. The number of nitrogens with zero attached hydrogens (tertiary/aromatic N) is 3. The van der Waals surface area contributed by atoms with E-state index in [1.807, 2.05) is 37.1 Å². The predicted octanol–water partition coefficient (Wildman–Crippen LogP) is 3.36. The molecule has 0 atom stereocenters. The van der Waals surface area contributed by atoms with Crippen molar-refractivity contribution in [2.24, 2.45) is 0 Å². The van der Waals surface area contributed by atoms with E-state index in [-0.39, 0.29) is 5.91 Å². The summed E-state index contributed by atoms with van der Waals surface area (Å²) in [5.41, 5.74) is 1.04. The fraction of sp³-hybridized carbons (Fsp3) is 0.389. The van der Waals surface area contributed by atoms with Gasteiger partial charge in [0.1, 0.15) is 5.75 Å². The minimum atomic E-state index is -0.259. The van der Waals surface area contributed by atoms with Crippen molar-refractivity contribution in [2.45, 2.75) is 26.7 Å². The summed E-state index contributed by atoms with van der Waals surface area (Å²) >= 11 is 0. The van der Waals surface area contributed by atoms with E-state index in [1.54, 1.807) is 18.5 Å². The molecule has 0 saturated heterocycles. The number of anilines is 2. The van der Waals surface area contributed by atoms with Gasteiger partial charge in [-0.1, -0.05) is 25.5 Å². The Morgan fingerprint density at radius 2 is 1.92 bits per heavy atom. The molecule has 1 aromatic carbocycles. The summed E-state index contributed by atoms with van der Waals surface area (Å²) in [6, 6.07) is 7.34. The molecule has 0 aliphatic carbocycles. The third-order valence-corrected chi connectivity index (χ3v) is 3.52. The lowest BCUT2D eigenvalue weighted by atomic mass is 10.2. The normalized spacial score (nSPS) is 10.3. The largest absolute Gasteiger partial charge is 0.492 e. The lowest BCUT2D eigenvalue weighted by molar-refractivity contribution is 0.102. The molecule has 2 rings (SSSR count). The molecule has 0 radical (unpaired) electrons. The molecule has 1 heterocycles. The summed E-state index contributed by atoms with van der Waals surface area (Å²) in [6.07, 6.45) is 5.28. The van der Waals surface area contributed by atoms with E-state index in [2.05, 4.69) is 22.2 Å². The molecule has 6 nitrogen and oxygen atoms in total. The SMILES string of the molecule is CCCCN(C)c1ncc(C(=O)Nc2ccccc2OCC)cn1. The van der Waals surface area contributed by atoms with E-state index in [4.69, 9.17) is 4.74 Å². The smallest absolute Gasteiger partial charge is 0.258 e. The van der Waals surface area contributed by atoms with Gasteiger partial charge in [-0.25, -0.2) is 9.97 Å². The Labute approximate surface area is 142 Å². The Kier molecular flexibility index (Phi) is 6.54. The number of aromatic nitrogens is 2. The molecule has 0 aliphatic heterocycles. The molecule has 24 heavy (non-hydrogen) atoms. The monoisotopic (exact) mass is 328 g/mol. The summed E-state index contributed by atoms with van der Waals surface area (Å²) in [7, 11) is 1.95. The van der Waals surface area contributed by atoms with Crippen molar-refractivity contribution in [1.82, 2.24) is 9.97 Å². The van der Waals surface area contributed by atoms with Crippen LogP contribution in [0.2, 0.25) is 0 Å². The molecule has 0 saturated carbocycles. The number of carbonyl (C=O) groups excluding carboxylic acids is 1. The molecule has 0 fully saturated rings. The summed E-state index contributed by atoms with van der Waals surface area (Å²) in [4.78, 5) is 22.9. The number of rotatable bonds is 8. The average molecular weight is 328 g/mol. The third kappa shape index (κ3) is 4.68. The first-order valence-electron chi connectivity index (χ1n) is 8.22. The van der Waals surface area contributed by atoms with Crippen LogP contribution in [0.5, 0.6) is 5.75 Å². The van der Waals surface area contributed by atoms with Gasteiger partial charge < -0.3 is 15.0 Å². The van der Waals surface area contributed by atoms with Crippen LogP contribution < -0.4 is 15.0 Å². The summed E-state index contributed by atoms with van der Waals surface area (Å²) in [6.45, 7) is 5.47. The highest BCUT2D eigenvalue weighted by Gasteiger charge is 2.11. The van der Waals surface area contributed by atoms with E-state index in [1.165, 1.54) is 0 Å². The van der Waals surface area contributed by atoms with Crippen LogP contribution in [0.4, 0.5) is 11.6 Å². The van der Waals surface area contributed by atoms with Gasteiger partial charge in [-0.15, -0.1) is 0 Å². The second-order valence-corrected chi connectivity index (χ2v) is 5.43. The van der Waals surface area contributed by atoms with E-state index >= 15 is 0 Å². The van der Waals surface area contributed by atoms with Crippen molar-refractivity contribution < 1.29 is 9.53 Å². The molecule has 2 aromatic rings. The van der Waals surface area contributed by atoms with Gasteiger partial charge in [-0.2, -0.15) is 0 Å². The number of hydrogen-bond acceptors (Lipinski definition) is 5. The summed E-state index contributed by atoms with van der Waals surface area (Å²) in [5.74, 6) is 1.00. The topological polar surface area (TPSA) is 67.4 Å². The zero-order chi connectivity index (χ0) is 17.4. The maximum Gasteiger partial charge on any atom is 0.258 e. The molecule has 0 bridgehead atoms. The zero-order valence-electron chi connectivity index (χ0n) is 14.5. The van der Waals surface area contributed by atoms with E-state index < -0.39 is 0 Å². The third-order valence-electron chi connectivity index (χ3n) is 3.52. The number of unbranched alkanes of at least 4 members (excludes halogenated alkanes) is 1. The van der Waals surface area contributed by atoms with Crippen molar-refractivity contribution in [2.75, 3.05) is 30.4 Å². The van der Waals surface area contributed by atoms with Crippen LogP contribution in [0.25, 0.3) is 0 Å². The highest BCUT2D eigenvalue weighted by molar-refractivity contribution is 6.04. The first kappa shape index (κ1) is 17.7. The van der Waals surface area contributed by atoms with E-state index in [9.17, 15) is 4.79 Å². The highest BCUT2D eigenvalue weighted by Crippen LogP contribution is 2.24. The standard InChI is InChI=1S/C18H24N4O2/c1-4-6-11-22(3)18-19-12-14(13-20-18)17(23)21-15-9-7-8-10-16(15)24-5-2/h7-10,12-13H,4-6,11H2,1-3H3,(H,21,23). The van der Waals surface area contributed by atoms with Crippen LogP contribution in [0, 0.1) is 0 Å². The van der Waals surface area contributed by atoms with Crippen LogP contribution in [0.1, 0.15) is 37.0 Å². The van der Waals surface area contributed by atoms with Crippen LogP contribution >= 0.6 is 0 Å². The molecular weight excluding hydrogens is 304 g/mol. The number of para-hydroxylation sites is 2. The summed E-state index contributed by atoms with van der Waals surface area (Å²) < 4.78 is 5.51. The number of benzene rings is 1. The first-order chi connectivity index (χ1) is 11.7. The Morgan fingerprint density at radius 1 is 1.21 bits per heavy atom. The molecule has 6 heteroatoms. The second-order valence-electron chi connectivity index (χ2n) is 5.43. The van der Waals surface area contributed by atoms with Crippen LogP contribution in [-0.2, 0) is 0 Å². The van der Waals surface area contributed by atoms with Crippen molar-refractivity contribution >= 4 is 17.5 Å². The highest BCUT2D eigenvalue weighted by atomic mass is 16.5. The molecule has 0 spiro atoms. The maximum absolute atomic E-state index is 12.4. The van der Waals surface area contributed by atoms with E-state index in [0.717, 1.165) is 19.4 Å². The molecular formula is C18H24N4O2. The molecule has 0 unspecified atom stereocenters. The van der Waals surface area contributed by atoms with Gasteiger partial charge in [0.05, 0.1) is 17.9 Å². The van der Waals surface area contributed by atoms with E-state index in [0.29, 0.717) is 29.6 Å². The number of amides is 1. The molecule has 1 aromatic heterocycles. The Hall–Kier alpha value is -2.63. The van der Waals surface area contributed by atoms with Gasteiger partial charge in [0, 0.05) is 26.0 Å². The van der Waals surface area contributed by atoms with Crippen molar-refractivity contribution in [3.05, 3.63) is 42.2 Å². The quantitative estimate of drug-likeness (QED) is 0.805. The Morgan fingerprint density at radius 3 is 2.58 bits per heavy atom. The van der Waals surface area contributed by atoms with Gasteiger partial charge in [0.15, 0.2) is 0 Å². The lowest BCUT2D eigenvalue weighted by Crippen LogP contribution is -2.21. The lowest BCUT2D eigenvalue weighted by Gasteiger charge is -2.16. The first-order valence-corrected chi connectivity index (χ1v) is 8.22. The summed E-state index contributed by atoms with van der Waals surface area (Å²) in [5, 5.41) is 2.84. The van der Waals surface area contributed by atoms with Crippen molar-refractivity contribution in [3.8, 4) is 5.75 Å². The van der Waals surface area contributed by atoms with Gasteiger partial charge in [0.2, 0.25) is 5.95 Å². The molecule has 1 N–H and O–H groups in total. The molecule has 0 aliphatic rings. The minimum Gasteiger partial charge on any atom is -0.492 e. The molecule has 1 amide bonds. The minimum absolute atomic E-state index is 0.259. The zero-order valence-corrected chi connectivity index (χ0v) is 14.5. The fourth-order valence-electron chi connectivity index (χ4n) is 2.18. The second kappa shape index (κ2) is 8.86. The van der Waals surface area contributed by atoms with Crippen molar-refractivity contribution in [3.63, 3.8) is 0 Å². The number of hydrogen-bond donors (Lipinski definition) is 1. The van der Waals surface area contributed by atoms with Gasteiger partial charge in [-0.3, -0.25) is 4.79 Å². The van der Waals surface area contributed by atoms with Crippen molar-refractivity contribution in [1.29, 1.82) is 0 Å².